The quantitative estimate of drug-likeness (QED) is 0.745. The van der Waals surface area contributed by atoms with Crippen molar-refractivity contribution in [2.45, 2.75) is 6.92 Å². The number of ether oxygens (including phenoxy) is 1. The zero-order valence-electron chi connectivity index (χ0n) is 7.91. The zero-order valence-corrected chi connectivity index (χ0v) is 8.73. The topological polar surface area (TPSA) is 61.3 Å². The number of benzene rings is 1. The molecule has 0 aliphatic heterocycles. The smallest absolute Gasteiger partial charge is 0.130 e. The molecule has 2 aromatic rings. The number of rotatable bonds is 2. The monoisotopic (exact) mass is 208 g/mol. The van der Waals surface area contributed by atoms with Gasteiger partial charge in [0.2, 0.25) is 0 Å². The van der Waals surface area contributed by atoms with Crippen LogP contribution in [0.5, 0.6) is 5.75 Å². The molecule has 3 nitrogen and oxygen atoms in total. The van der Waals surface area contributed by atoms with Gasteiger partial charge in [0, 0.05) is 11.1 Å². The molecule has 1 heterocycles. The molecule has 1 aromatic heterocycles. The van der Waals surface area contributed by atoms with Crippen LogP contribution in [0.15, 0.2) is 17.5 Å². The summed E-state index contributed by atoms with van der Waals surface area (Å²) in [6.45, 7) is 2.58. The molecule has 0 bridgehead atoms. The lowest BCUT2D eigenvalue weighted by Gasteiger charge is -2.06. The van der Waals surface area contributed by atoms with Gasteiger partial charge in [-0.25, -0.2) is 0 Å². The first-order chi connectivity index (χ1) is 6.74. The fourth-order valence-corrected chi connectivity index (χ4v) is 2.34. The van der Waals surface area contributed by atoms with Crippen molar-refractivity contribution in [3.8, 4) is 5.75 Å². The van der Waals surface area contributed by atoms with E-state index in [1.807, 2.05) is 24.4 Å². The Morgan fingerprint density at radius 1 is 1.29 bits per heavy atom. The maximum Gasteiger partial charge on any atom is 0.130 e. The summed E-state index contributed by atoms with van der Waals surface area (Å²) < 4.78 is 6.49. The molecule has 2 rings (SSSR count). The summed E-state index contributed by atoms with van der Waals surface area (Å²) in [6.07, 6.45) is 0. The second-order valence-electron chi connectivity index (χ2n) is 2.98. The number of nitrogen functional groups attached to an aromatic ring is 2. The van der Waals surface area contributed by atoms with Crippen LogP contribution in [0.4, 0.5) is 11.4 Å². The van der Waals surface area contributed by atoms with Crippen LogP contribution in [-0.4, -0.2) is 6.61 Å². The van der Waals surface area contributed by atoms with Crippen molar-refractivity contribution < 1.29 is 4.74 Å². The van der Waals surface area contributed by atoms with Gasteiger partial charge in [0.15, 0.2) is 0 Å². The van der Waals surface area contributed by atoms with Crippen LogP contribution < -0.4 is 16.2 Å². The first-order valence-electron chi connectivity index (χ1n) is 4.42. The van der Waals surface area contributed by atoms with E-state index in [0.29, 0.717) is 6.61 Å². The van der Waals surface area contributed by atoms with E-state index in [4.69, 9.17) is 16.2 Å². The molecule has 1 aromatic carbocycles. The van der Waals surface area contributed by atoms with Crippen LogP contribution in [0.1, 0.15) is 6.92 Å². The molecule has 0 amide bonds. The Morgan fingerprint density at radius 2 is 2.07 bits per heavy atom. The van der Waals surface area contributed by atoms with Crippen molar-refractivity contribution in [2.75, 3.05) is 18.1 Å². The molecule has 0 saturated carbocycles. The summed E-state index contributed by atoms with van der Waals surface area (Å²) in [6, 6.07) is 3.72. The van der Waals surface area contributed by atoms with Crippen LogP contribution in [-0.2, 0) is 0 Å². The minimum atomic E-state index is 0.633. The van der Waals surface area contributed by atoms with Crippen molar-refractivity contribution in [2.24, 2.45) is 0 Å². The average Bonchev–Trinajstić information content (AvgIpc) is 2.55. The second kappa shape index (κ2) is 3.38. The van der Waals surface area contributed by atoms with Crippen molar-refractivity contribution in [3.63, 3.8) is 0 Å². The summed E-state index contributed by atoms with van der Waals surface area (Å²) in [5.74, 6) is 0.815. The third-order valence-corrected chi connectivity index (χ3v) is 3.09. The Hall–Kier alpha value is -1.42. The van der Waals surface area contributed by atoms with E-state index in [1.54, 1.807) is 11.3 Å². The molecular formula is C10H12N2OS. The molecule has 4 heteroatoms. The number of hydrogen-bond acceptors (Lipinski definition) is 4. The Balaban J connectivity index is 2.72. The lowest BCUT2D eigenvalue weighted by atomic mass is 10.2. The van der Waals surface area contributed by atoms with Crippen LogP contribution in [0, 0.1) is 0 Å². The molecule has 14 heavy (non-hydrogen) atoms. The molecule has 0 spiro atoms. The van der Waals surface area contributed by atoms with Crippen molar-refractivity contribution in [1.29, 1.82) is 0 Å². The fraction of sp³-hybridized carbons (Fsp3) is 0.200. The summed E-state index contributed by atoms with van der Waals surface area (Å²) in [7, 11) is 0. The van der Waals surface area contributed by atoms with Gasteiger partial charge in [-0.1, -0.05) is 0 Å². The molecule has 0 aliphatic rings. The SMILES string of the molecule is CCOc1ccc(N)c2scc(N)c12. The number of thiophene rings is 1. The largest absolute Gasteiger partial charge is 0.493 e. The van der Waals surface area contributed by atoms with Gasteiger partial charge in [0.25, 0.3) is 0 Å². The van der Waals surface area contributed by atoms with E-state index in [-0.39, 0.29) is 0 Å². The van der Waals surface area contributed by atoms with Crippen LogP contribution in [0.3, 0.4) is 0 Å². The first kappa shape index (κ1) is 9.15. The lowest BCUT2D eigenvalue weighted by molar-refractivity contribution is 0.344. The van der Waals surface area contributed by atoms with Gasteiger partial charge in [0.1, 0.15) is 5.75 Å². The average molecular weight is 208 g/mol. The zero-order chi connectivity index (χ0) is 10.1. The van der Waals surface area contributed by atoms with Gasteiger partial charge in [-0.3, -0.25) is 0 Å². The van der Waals surface area contributed by atoms with Crippen molar-refractivity contribution in [1.82, 2.24) is 0 Å². The molecule has 74 valence electrons. The minimum absolute atomic E-state index is 0.633. The Labute approximate surface area is 86.3 Å². The molecule has 0 fully saturated rings. The summed E-state index contributed by atoms with van der Waals surface area (Å²) in [5.41, 5.74) is 13.2. The van der Waals surface area contributed by atoms with E-state index >= 15 is 0 Å². The van der Waals surface area contributed by atoms with Crippen LogP contribution >= 0.6 is 11.3 Å². The lowest BCUT2D eigenvalue weighted by Crippen LogP contribution is -1.94. The fourth-order valence-electron chi connectivity index (χ4n) is 1.44. The van der Waals surface area contributed by atoms with Gasteiger partial charge in [-0.15, -0.1) is 11.3 Å². The predicted molar refractivity (Wildman–Crippen MR) is 61.8 cm³/mol. The normalized spacial score (nSPS) is 10.6. The molecule has 0 unspecified atom stereocenters. The Morgan fingerprint density at radius 3 is 2.79 bits per heavy atom. The summed E-state index contributed by atoms with van der Waals surface area (Å²) in [5, 5.41) is 2.83. The first-order valence-corrected chi connectivity index (χ1v) is 5.30. The number of nitrogens with two attached hydrogens (primary N) is 2. The third-order valence-electron chi connectivity index (χ3n) is 2.04. The maximum atomic E-state index is 5.85. The molecule has 0 saturated heterocycles. The minimum Gasteiger partial charge on any atom is -0.493 e. The Kier molecular flexibility index (Phi) is 2.21. The molecule has 4 N–H and O–H groups in total. The van der Waals surface area contributed by atoms with E-state index < -0.39 is 0 Å². The maximum absolute atomic E-state index is 5.85. The highest BCUT2D eigenvalue weighted by molar-refractivity contribution is 7.18. The van der Waals surface area contributed by atoms with E-state index in [0.717, 1.165) is 27.2 Å². The predicted octanol–water partition coefficient (Wildman–Crippen LogP) is 2.46. The van der Waals surface area contributed by atoms with Crippen molar-refractivity contribution >= 4 is 32.8 Å². The van der Waals surface area contributed by atoms with E-state index in [9.17, 15) is 0 Å². The highest BCUT2D eigenvalue weighted by Gasteiger charge is 2.09. The van der Waals surface area contributed by atoms with Gasteiger partial charge in [0.05, 0.1) is 22.4 Å². The van der Waals surface area contributed by atoms with Gasteiger partial charge < -0.3 is 16.2 Å². The van der Waals surface area contributed by atoms with E-state index in [1.165, 1.54) is 0 Å². The molecule has 0 radical (unpaired) electrons. The highest BCUT2D eigenvalue weighted by Crippen LogP contribution is 2.38. The van der Waals surface area contributed by atoms with Gasteiger partial charge in [-0.2, -0.15) is 0 Å². The van der Waals surface area contributed by atoms with Crippen LogP contribution in [0.2, 0.25) is 0 Å². The standard InChI is InChI=1S/C10H12N2OS/c1-2-13-8-4-3-6(11)10-9(8)7(12)5-14-10/h3-5H,2,11-12H2,1H3. The molecule has 0 aliphatic carbocycles. The number of anilines is 2. The summed E-state index contributed by atoms with van der Waals surface area (Å²) >= 11 is 1.55. The van der Waals surface area contributed by atoms with E-state index in [2.05, 4.69) is 0 Å². The van der Waals surface area contributed by atoms with Crippen LogP contribution in [0.25, 0.3) is 10.1 Å². The number of fused-ring (bicyclic) bond motifs is 1. The van der Waals surface area contributed by atoms with Crippen molar-refractivity contribution in [3.05, 3.63) is 17.5 Å². The molecular weight excluding hydrogens is 196 g/mol. The third kappa shape index (κ3) is 1.28. The summed E-state index contributed by atoms with van der Waals surface area (Å²) in [4.78, 5) is 0. The molecule has 0 atom stereocenters. The Bertz CT molecular complexity index is 464. The second-order valence-corrected chi connectivity index (χ2v) is 3.86. The van der Waals surface area contributed by atoms with Gasteiger partial charge >= 0.3 is 0 Å². The van der Waals surface area contributed by atoms with Gasteiger partial charge in [-0.05, 0) is 19.1 Å². The highest BCUT2D eigenvalue weighted by atomic mass is 32.1. The number of hydrogen-bond donors (Lipinski definition) is 2.